The number of allylic oxidation sites excluding steroid dienone is 1. The molecule has 0 aromatic rings. The van der Waals surface area contributed by atoms with Crippen molar-refractivity contribution in [1.82, 2.24) is 5.32 Å². The summed E-state index contributed by atoms with van der Waals surface area (Å²) >= 11 is 0. The number of hydrogen-bond donors (Lipinski definition) is 3. The number of ether oxygens (including phenoxy) is 1. The summed E-state index contributed by atoms with van der Waals surface area (Å²) in [5.41, 5.74) is 0. The standard InChI is InChI=1S/C81H159NO5/c1-3-5-7-9-11-13-15-17-19-43-47-51-55-59-63-67-71-75-81(86)87-76-72-68-64-60-56-52-48-45-42-40-38-36-34-32-30-28-26-24-22-20-21-23-25-27-29-31-33-35-37-39-41-44-46-50-54-58-62-66-70-74-80(85)82-78(77-83)79(84)73-69-65-61-57-53-49-18-16-14-12-10-8-6-4-2/h69,73,78-79,83-84H,3-68,70-72,74-77H2,1-2H3,(H,82,85)/b73-69+. The third kappa shape index (κ3) is 73.5. The second kappa shape index (κ2) is 77.1. The van der Waals surface area contributed by atoms with E-state index in [9.17, 15) is 19.8 Å². The normalized spacial score (nSPS) is 12.5. The lowest BCUT2D eigenvalue weighted by molar-refractivity contribution is -0.143. The van der Waals surface area contributed by atoms with Gasteiger partial charge < -0.3 is 20.3 Å². The van der Waals surface area contributed by atoms with Gasteiger partial charge in [-0.2, -0.15) is 0 Å². The number of hydrogen-bond acceptors (Lipinski definition) is 5. The molecular formula is C81H159NO5. The van der Waals surface area contributed by atoms with Crippen molar-refractivity contribution in [3.8, 4) is 0 Å². The zero-order valence-corrected chi connectivity index (χ0v) is 59.5. The van der Waals surface area contributed by atoms with Crippen LogP contribution < -0.4 is 5.32 Å². The molecule has 0 aliphatic heterocycles. The van der Waals surface area contributed by atoms with Gasteiger partial charge in [-0.3, -0.25) is 9.59 Å². The van der Waals surface area contributed by atoms with Crippen LogP contribution in [0, 0.1) is 0 Å². The van der Waals surface area contributed by atoms with Crippen molar-refractivity contribution in [3.05, 3.63) is 12.2 Å². The lowest BCUT2D eigenvalue weighted by Crippen LogP contribution is -2.45. The van der Waals surface area contributed by atoms with E-state index in [-0.39, 0.29) is 18.5 Å². The van der Waals surface area contributed by atoms with Gasteiger partial charge in [-0.1, -0.05) is 437 Å². The Labute approximate surface area is 546 Å². The summed E-state index contributed by atoms with van der Waals surface area (Å²) < 4.78 is 5.52. The molecule has 0 fully saturated rings. The monoisotopic (exact) mass is 1230 g/mol. The number of amides is 1. The molecule has 0 spiro atoms. The van der Waals surface area contributed by atoms with Gasteiger partial charge in [0.25, 0.3) is 0 Å². The minimum absolute atomic E-state index is 0.0290. The fourth-order valence-electron chi connectivity index (χ4n) is 13.2. The summed E-state index contributed by atoms with van der Waals surface area (Å²) in [7, 11) is 0. The maximum atomic E-state index is 12.5. The van der Waals surface area contributed by atoms with E-state index < -0.39 is 12.1 Å². The number of aliphatic hydroxyl groups excluding tert-OH is 2. The smallest absolute Gasteiger partial charge is 0.305 e. The topological polar surface area (TPSA) is 95.9 Å². The number of esters is 1. The van der Waals surface area contributed by atoms with Gasteiger partial charge in [0.1, 0.15) is 0 Å². The first-order valence-corrected chi connectivity index (χ1v) is 40.5. The highest BCUT2D eigenvalue weighted by Gasteiger charge is 2.18. The molecule has 0 radical (unpaired) electrons. The van der Waals surface area contributed by atoms with E-state index in [4.69, 9.17) is 4.74 Å². The molecule has 1 amide bonds. The first kappa shape index (κ1) is 85.6. The molecule has 0 rings (SSSR count). The summed E-state index contributed by atoms with van der Waals surface area (Å²) in [5, 5.41) is 23.2. The van der Waals surface area contributed by atoms with Crippen LogP contribution in [0.3, 0.4) is 0 Å². The summed E-state index contributed by atoms with van der Waals surface area (Å²) in [4.78, 5) is 24.6. The minimum atomic E-state index is -0.839. The Bertz CT molecular complexity index is 1320. The van der Waals surface area contributed by atoms with Gasteiger partial charge in [-0.05, 0) is 32.1 Å². The van der Waals surface area contributed by atoms with Crippen LogP contribution in [0.4, 0.5) is 0 Å². The lowest BCUT2D eigenvalue weighted by Gasteiger charge is -2.20. The molecule has 0 saturated heterocycles. The van der Waals surface area contributed by atoms with Crippen LogP contribution in [0.1, 0.15) is 470 Å². The highest BCUT2D eigenvalue weighted by Crippen LogP contribution is 2.21. The van der Waals surface area contributed by atoms with Gasteiger partial charge in [0.05, 0.1) is 25.4 Å². The SMILES string of the molecule is CCCCCCCCCCCCCC/C=C/C(O)C(CO)NC(=O)CCCCCCCCCCCCCCCCCCCCCCCCCCCCCCCCCCCCCCCCCOC(=O)CCCCCCCCCCCCCCCCCCC. The van der Waals surface area contributed by atoms with Gasteiger partial charge in [-0.15, -0.1) is 0 Å². The van der Waals surface area contributed by atoms with Crippen LogP contribution in [0.15, 0.2) is 12.2 Å². The molecule has 87 heavy (non-hydrogen) atoms. The molecule has 0 heterocycles. The number of carbonyl (C=O) groups is 2. The zero-order valence-electron chi connectivity index (χ0n) is 59.5. The Hall–Kier alpha value is -1.40. The van der Waals surface area contributed by atoms with Crippen LogP contribution >= 0.6 is 0 Å². The lowest BCUT2D eigenvalue weighted by atomic mass is 10.0. The van der Waals surface area contributed by atoms with E-state index >= 15 is 0 Å². The molecule has 2 unspecified atom stereocenters. The van der Waals surface area contributed by atoms with Crippen LogP contribution in [-0.4, -0.2) is 47.4 Å². The Morgan fingerprint density at radius 2 is 0.529 bits per heavy atom. The van der Waals surface area contributed by atoms with E-state index in [2.05, 4.69) is 19.2 Å². The Balaban J connectivity index is 3.28. The van der Waals surface area contributed by atoms with Crippen LogP contribution in [-0.2, 0) is 14.3 Å². The molecule has 3 N–H and O–H groups in total. The van der Waals surface area contributed by atoms with E-state index in [1.807, 2.05) is 6.08 Å². The molecule has 0 aliphatic carbocycles. The molecule has 2 atom stereocenters. The largest absolute Gasteiger partial charge is 0.466 e. The van der Waals surface area contributed by atoms with Crippen LogP contribution in [0.25, 0.3) is 0 Å². The van der Waals surface area contributed by atoms with E-state index in [1.54, 1.807) is 6.08 Å². The fourth-order valence-corrected chi connectivity index (χ4v) is 13.2. The molecule has 0 saturated carbocycles. The first-order valence-electron chi connectivity index (χ1n) is 40.5. The Morgan fingerprint density at radius 1 is 0.310 bits per heavy atom. The second-order valence-corrected chi connectivity index (χ2v) is 28.1. The van der Waals surface area contributed by atoms with Crippen molar-refractivity contribution in [3.63, 3.8) is 0 Å². The molecule has 0 aliphatic rings. The van der Waals surface area contributed by atoms with Crippen molar-refractivity contribution >= 4 is 11.9 Å². The van der Waals surface area contributed by atoms with E-state index in [1.165, 1.54) is 405 Å². The van der Waals surface area contributed by atoms with Crippen molar-refractivity contribution in [2.45, 2.75) is 482 Å². The number of carbonyl (C=O) groups excluding carboxylic acids is 2. The quantitative estimate of drug-likeness (QED) is 0.0320. The Morgan fingerprint density at radius 3 is 0.782 bits per heavy atom. The highest BCUT2D eigenvalue weighted by atomic mass is 16.5. The second-order valence-electron chi connectivity index (χ2n) is 28.1. The maximum Gasteiger partial charge on any atom is 0.305 e. The molecule has 518 valence electrons. The first-order chi connectivity index (χ1) is 43.0. The van der Waals surface area contributed by atoms with Crippen molar-refractivity contribution in [2.24, 2.45) is 0 Å². The Kier molecular flexibility index (Phi) is 75.8. The molecule has 0 aromatic carbocycles. The van der Waals surface area contributed by atoms with Crippen LogP contribution in [0.2, 0.25) is 0 Å². The number of nitrogens with one attached hydrogen (secondary N) is 1. The van der Waals surface area contributed by atoms with Gasteiger partial charge in [-0.25, -0.2) is 0 Å². The maximum absolute atomic E-state index is 12.5. The predicted molar refractivity (Wildman–Crippen MR) is 384 cm³/mol. The number of aliphatic hydroxyl groups is 2. The van der Waals surface area contributed by atoms with Gasteiger partial charge in [0.15, 0.2) is 0 Å². The predicted octanol–water partition coefficient (Wildman–Crippen LogP) is 26.7. The fraction of sp³-hybridized carbons (Fsp3) is 0.951. The molecule has 0 bridgehead atoms. The van der Waals surface area contributed by atoms with Crippen molar-refractivity contribution in [1.29, 1.82) is 0 Å². The summed E-state index contributed by atoms with van der Waals surface area (Å²) in [5.74, 6) is -0.0298. The van der Waals surface area contributed by atoms with Gasteiger partial charge in [0.2, 0.25) is 5.91 Å². The number of rotatable bonds is 77. The molecule has 6 heteroatoms. The van der Waals surface area contributed by atoms with Crippen LogP contribution in [0.5, 0.6) is 0 Å². The summed E-state index contributed by atoms with van der Waals surface area (Å²) in [6, 6.07) is -0.622. The van der Waals surface area contributed by atoms with E-state index in [0.29, 0.717) is 19.4 Å². The summed E-state index contributed by atoms with van der Waals surface area (Å²) in [6.07, 6.45) is 97.9. The molecule has 6 nitrogen and oxygen atoms in total. The molecular weight excluding hydrogens is 1070 g/mol. The average molecular weight is 1230 g/mol. The third-order valence-electron chi connectivity index (χ3n) is 19.3. The molecule has 0 aromatic heterocycles. The van der Waals surface area contributed by atoms with Crippen molar-refractivity contribution in [2.75, 3.05) is 13.2 Å². The van der Waals surface area contributed by atoms with E-state index in [0.717, 1.165) is 38.5 Å². The van der Waals surface area contributed by atoms with Crippen molar-refractivity contribution < 1.29 is 24.5 Å². The average Bonchev–Trinajstić information content (AvgIpc) is 3.58. The summed E-state index contributed by atoms with van der Waals surface area (Å²) in [6.45, 7) is 4.96. The third-order valence-corrected chi connectivity index (χ3v) is 19.3. The zero-order chi connectivity index (χ0) is 62.8. The van der Waals surface area contributed by atoms with Gasteiger partial charge >= 0.3 is 5.97 Å². The number of unbranched alkanes of at least 4 members (excludes halogenated alkanes) is 66. The van der Waals surface area contributed by atoms with Gasteiger partial charge in [0, 0.05) is 12.8 Å². The highest BCUT2D eigenvalue weighted by molar-refractivity contribution is 5.76. The minimum Gasteiger partial charge on any atom is -0.466 e.